The van der Waals surface area contributed by atoms with Crippen molar-refractivity contribution in [3.05, 3.63) is 59.4 Å². The summed E-state index contributed by atoms with van der Waals surface area (Å²) in [5.41, 5.74) is 2.09. The van der Waals surface area contributed by atoms with Crippen LogP contribution in [0.15, 0.2) is 36.4 Å². The lowest BCUT2D eigenvalue weighted by Gasteiger charge is -2.35. The molecule has 0 radical (unpaired) electrons. The summed E-state index contributed by atoms with van der Waals surface area (Å²) < 4.78 is 41.7. The number of rotatable bonds is 6. The second-order valence-electron chi connectivity index (χ2n) is 7.68. The van der Waals surface area contributed by atoms with Gasteiger partial charge in [0.15, 0.2) is 0 Å². The molecule has 4 rings (SSSR count). The first-order valence-corrected chi connectivity index (χ1v) is 9.70. The van der Waals surface area contributed by atoms with Gasteiger partial charge < -0.3 is 20.5 Å². The number of fused-ring (bicyclic) bond motifs is 1. The van der Waals surface area contributed by atoms with Crippen LogP contribution in [0.2, 0.25) is 0 Å². The van der Waals surface area contributed by atoms with E-state index in [1.54, 1.807) is 12.1 Å². The zero-order valence-electron chi connectivity index (χ0n) is 16.0. The Morgan fingerprint density at radius 3 is 2.50 bits per heavy atom. The van der Waals surface area contributed by atoms with Crippen molar-refractivity contribution in [3.63, 3.8) is 0 Å². The molecule has 0 bridgehead atoms. The Morgan fingerprint density at radius 2 is 1.83 bits per heavy atom. The molecule has 1 heterocycles. The first-order valence-electron chi connectivity index (χ1n) is 9.70. The molecule has 5 nitrogen and oxygen atoms in total. The summed E-state index contributed by atoms with van der Waals surface area (Å²) in [6, 6.07) is 7.80. The Labute approximate surface area is 170 Å². The summed E-state index contributed by atoms with van der Waals surface area (Å²) in [6.07, 6.45) is -0.0739. The topological polar surface area (TPSA) is 85.3 Å². The number of benzene rings is 2. The summed E-state index contributed by atoms with van der Waals surface area (Å²) in [5.74, 6) is -2.47. The van der Waals surface area contributed by atoms with E-state index in [1.807, 2.05) is 0 Å². The molecule has 1 amide bonds. The van der Waals surface area contributed by atoms with Crippen molar-refractivity contribution in [3.8, 4) is 11.3 Å². The van der Waals surface area contributed by atoms with Crippen molar-refractivity contribution in [2.24, 2.45) is 5.92 Å². The normalized spacial score (nSPS) is 19.5. The van der Waals surface area contributed by atoms with E-state index in [9.17, 15) is 23.1 Å². The highest BCUT2D eigenvalue weighted by Crippen LogP contribution is 2.48. The van der Waals surface area contributed by atoms with Crippen LogP contribution < -0.4 is 5.32 Å². The van der Waals surface area contributed by atoms with Crippen LogP contribution in [0.3, 0.4) is 0 Å². The number of aromatic amines is 1. The number of aliphatic hydroxyl groups excluding tert-OH is 2. The van der Waals surface area contributed by atoms with Crippen LogP contribution >= 0.6 is 0 Å². The predicted octanol–water partition coefficient (Wildman–Crippen LogP) is 3.22. The number of hydrogen-bond acceptors (Lipinski definition) is 3. The van der Waals surface area contributed by atoms with Gasteiger partial charge in [-0.15, -0.1) is 0 Å². The summed E-state index contributed by atoms with van der Waals surface area (Å²) in [7, 11) is 0. The highest BCUT2D eigenvalue weighted by atomic mass is 19.1. The lowest BCUT2D eigenvalue weighted by Crippen LogP contribution is -2.41. The average Bonchev–Trinajstić information content (AvgIpc) is 3.05. The van der Waals surface area contributed by atoms with E-state index in [-0.39, 0.29) is 29.8 Å². The maximum Gasteiger partial charge on any atom is 0.223 e. The van der Waals surface area contributed by atoms with Gasteiger partial charge in [-0.05, 0) is 60.2 Å². The Bertz CT molecular complexity index is 1080. The summed E-state index contributed by atoms with van der Waals surface area (Å²) in [6.45, 7) is -0.484. The maximum absolute atomic E-state index is 14.4. The van der Waals surface area contributed by atoms with Gasteiger partial charge in [0.2, 0.25) is 5.91 Å². The maximum atomic E-state index is 14.4. The second-order valence-corrected chi connectivity index (χ2v) is 7.68. The van der Waals surface area contributed by atoms with Crippen LogP contribution in [-0.4, -0.2) is 40.4 Å². The number of carbonyl (C=O) groups excluding carboxylic acids is 1. The lowest BCUT2D eigenvalue weighted by molar-refractivity contribution is -0.128. The van der Waals surface area contributed by atoms with Crippen LogP contribution in [0.1, 0.15) is 24.3 Å². The number of halogens is 3. The smallest absolute Gasteiger partial charge is 0.223 e. The van der Waals surface area contributed by atoms with Gasteiger partial charge in [0.25, 0.3) is 0 Å². The van der Waals surface area contributed by atoms with E-state index >= 15 is 0 Å². The molecule has 0 unspecified atom stereocenters. The molecule has 158 valence electrons. The molecule has 0 saturated heterocycles. The van der Waals surface area contributed by atoms with Crippen molar-refractivity contribution in [2.75, 3.05) is 13.2 Å². The molecule has 0 spiro atoms. The van der Waals surface area contributed by atoms with Crippen molar-refractivity contribution in [1.82, 2.24) is 10.3 Å². The zero-order valence-corrected chi connectivity index (χ0v) is 16.0. The van der Waals surface area contributed by atoms with Crippen LogP contribution in [0.5, 0.6) is 0 Å². The quantitative estimate of drug-likeness (QED) is 0.496. The van der Waals surface area contributed by atoms with E-state index < -0.39 is 30.2 Å². The molecule has 1 fully saturated rings. The van der Waals surface area contributed by atoms with Crippen molar-refractivity contribution in [2.45, 2.75) is 24.9 Å². The van der Waals surface area contributed by atoms with Crippen LogP contribution in [-0.2, 0) is 4.79 Å². The molecule has 1 atom stereocenters. The van der Waals surface area contributed by atoms with Gasteiger partial charge in [0.1, 0.15) is 17.5 Å². The highest BCUT2D eigenvalue weighted by molar-refractivity contribution is 5.92. The van der Waals surface area contributed by atoms with Gasteiger partial charge in [-0.1, -0.05) is 0 Å². The monoisotopic (exact) mass is 418 g/mol. The molecule has 2 aromatic carbocycles. The Morgan fingerprint density at radius 1 is 1.13 bits per heavy atom. The third-order valence-electron chi connectivity index (χ3n) is 5.64. The molecule has 1 aliphatic carbocycles. The van der Waals surface area contributed by atoms with Gasteiger partial charge in [0, 0.05) is 23.9 Å². The Balaban J connectivity index is 1.64. The fraction of sp³-hybridized carbons (Fsp3) is 0.318. The van der Waals surface area contributed by atoms with E-state index in [0.29, 0.717) is 35.0 Å². The second kappa shape index (κ2) is 8.12. The molecule has 30 heavy (non-hydrogen) atoms. The number of amides is 1. The SMILES string of the molecule is O=C(NC[C@H](O)CO)C1CC(c2c(-c3ccc(F)cc3)[nH]c3c(F)cc(F)cc23)C1. The van der Waals surface area contributed by atoms with Gasteiger partial charge in [-0.3, -0.25) is 4.79 Å². The van der Waals surface area contributed by atoms with Gasteiger partial charge in [-0.2, -0.15) is 0 Å². The molecule has 1 aromatic heterocycles. The molecule has 3 aromatic rings. The number of carbonyl (C=O) groups is 1. The fourth-order valence-electron chi connectivity index (χ4n) is 4.00. The van der Waals surface area contributed by atoms with Crippen LogP contribution in [0.25, 0.3) is 22.2 Å². The summed E-state index contributed by atoms with van der Waals surface area (Å²) in [4.78, 5) is 15.3. The molecular formula is C22H21F3N2O3. The van der Waals surface area contributed by atoms with Gasteiger partial charge >= 0.3 is 0 Å². The van der Waals surface area contributed by atoms with Crippen LogP contribution in [0.4, 0.5) is 13.2 Å². The minimum Gasteiger partial charge on any atom is -0.394 e. The summed E-state index contributed by atoms with van der Waals surface area (Å²) in [5, 5.41) is 21.2. The van der Waals surface area contributed by atoms with Gasteiger partial charge in [0.05, 0.1) is 23.9 Å². The van der Waals surface area contributed by atoms with E-state index in [0.717, 1.165) is 6.07 Å². The minimum atomic E-state index is -1.02. The van der Waals surface area contributed by atoms with Crippen molar-refractivity contribution in [1.29, 1.82) is 0 Å². The molecule has 1 aliphatic rings. The van der Waals surface area contributed by atoms with Crippen molar-refractivity contribution >= 4 is 16.8 Å². The molecule has 8 heteroatoms. The molecule has 1 saturated carbocycles. The fourth-order valence-corrected chi connectivity index (χ4v) is 4.00. The number of aliphatic hydroxyl groups is 2. The highest BCUT2D eigenvalue weighted by Gasteiger charge is 2.38. The van der Waals surface area contributed by atoms with Crippen molar-refractivity contribution < 1.29 is 28.2 Å². The minimum absolute atomic E-state index is 0.0408. The van der Waals surface area contributed by atoms with Gasteiger partial charge in [-0.25, -0.2) is 13.2 Å². The number of hydrogen-bond donors (Lipinski definition) is 4. The first-order chi connectivity index (χ1) is 14.4. The average molecular weight is 418 g/mol. The third-order valence-corrected chi connectivity index (χ3v) is 5.64. The number of aromatic nitrogens is 1. The largest absolute Gasteiger partial charge is 0.394 e. The van der Waals surface area contributed by atoms with E-state index in [1.165, 1.54) is 18.2 Å². The van der Waals surface area contributed by atoms with E-state index in [2.05, 4.69) is 10.3 Å². The van der Waals surface area contributed by atoms with E-state index in [4.69, 9.17) is 5.11 Å². The number of nitrogens with one attached hydrogen (secondary N) is 2. The molecule has 4 N–H and O–H groups in total. The first kappa shape index (κ1) is 20.4. The Kier molecular flexibility index (Phi) is 5.53. The lowest BCUT2D eigenvalue weighted by atomic mass is 9.70. The Hall–Kier alpha value is -2.84. The predicted molar refractivity (Wildman–Crippen MR) is 105 cm³/mol. The van der Waals surface area contributed by atoms with Crippen LogP contribution in [0, 0.1) is 23.4 Å². The zero-order chi connectivity index (χ0) is 21.4. The standard InChI is InChI=1S/C22H21F3N2O3/c23-14-3-1-11(2-4-14)20-19(17-7-15(24)8-18(25)21(17)27-20)12-5-13(6-12)22(30)26-9-16(29)10-28/h1-4,7-8,12-13,16,27-29H,5-6,9-10H2,(H,26,30)/t12?,13?,16-/m0/s1. The number of H-pyrrole nitrogens is 1. The third kappa shape index (κ3) is 3.80. The molecular weight excluding hydrogens is 397 g/mol. The molecule has 0 aliphatic heterocycles. The summed E-state index contributed by atoms with van der Waals surface area (Å²) >= 11 is 0.